The lowest BCUT2D eigenvalue weighted by atomic mass is 9.93. The molecule has 1 unspecified atom stereocenters. The van der Waals surface area contributed by atoms with Gasteiger partial charge in [-0.1, -0.05) is 28.1 Å². The van der Waals surface area contributed by atoms with Crippen LogP contribution in [0.25, 0.3) is 0 Å². The second-order valence-electron chi connectivity index (χ2n) is 4.15. The zero-order valence-corrected chi connectivity index (χ0v) is 10.4. The van der Waals surface area contributed by atoms with Crippen molar-refractivity contribution in [2.24, 2.45) is 5.92 Å². The Morgan fingerprint density at radius 1 is 1.44 bits per heavy atom. The molecule has 3 nitrogen and oxygen atoms in total. The average Bonchev–Trinajstić information content (AvgIpc) is 2.69. The maximum absolute atomic E-state index is 11.0. The summed E-state index contributed by atoms with van der Waals surface area (Å²) < 4.78 is 1.05. The van der Waals surface area contributed by atoms with Gasteiger partial charge in [-0.15, -0.1) is 0 Å². The number of carboxylic acid groups (broad SMARTS) is 1. The van der Waals surface area contributed by atoms with E-state index in [1.807, 2.05) is 24.3 Å². The Bertz CT molecular complexity index is 377. The summed E-state index contributed by atoms with van der Waals surface area (Å²) in [4.78, 5) is 11.0. The molecule has 86 valence electrons. The van der Waals surface area contributed by atoms with Crippen molar-refractivity contribution in [2.45, 2.75) is 18.9 Å². The maximum atomic E-state index is 11.0. The van der Waals surface area contributed by atoms with Crippen LogP contribution in [0.1, 0.15) is 12.0 Å². The van der Waals surface area contributed by atoms with E-state index in [1.54, 1.807) is 0 Å². The first kappa shape index (κ1) is 11.6. The van der Waals surface area contributed by atoms with Gasteiger partial charge in [-0.2, -0.15) is 0 Å². The van der Waals surface area contributed by atoms with Gasteiger partial charge in [0.15, 0.2) is 0 Å². The number of hydrogen-bond acceptors (Lipinski definition) is 2. The second-order valence-corrected chi connectivity index (χ2v) is 5.07. The van der Waals surface area contributed by atoms with E-state index in [0.717, 1.165) is 23.9 Å². The van der Waals surface area contributed by atoms with Gasteiger partial charge in [0.1, 0.15) is 6.04 Å². The summed E-state index contributed by atoms with van der Waals surface area (Å²) in [6.45, 7) is 0.804. The first-order valence-electron chi connectivity index (χ1n) is 5.37. The third-order valence-corrected chi connectivity index (χ3v) is 3.56. The van der Waals surface area contributed by atoms with E-state index in [0.29, 0.717) is 0 Å². The molecule has 2 rings (SSSR count). The smallest absolute Gasteiger partial charge is 0.320 e. The highest BCUT2D eigenvalue weighted by atomic mass is 79.9. The van der Waals surface area contributed by atoms with Crippen LogP contribution in [0.3, 0.4) is 0 Å². The summed E-state index contributed by atoms with van der Waals surface area (Å²) in [6.07, 6.45) is 1.77. The van der Waals surface area contributed by atoms with Crippen LogP contribution < -0.4 is 5.32 Å². The Kier molecular flexibility index (Phi) is 3.61. The van der Waals surface area contributed by atoms with Gasteiger partial charge in [-0.05, 0) is 43.0 Å². The molecule has 0 saturated carbocycles. The Morgan fingerprint density at radius 2 is 2.12 bits per heavy atom. The van der Waals surface area contributed by atoms with Gasteiger partial charge < -0.3 is 10.4 Å². The summed E-state index contributed by atoms with van der Waals surface area (Å²) in [6, 6.07) is 7.69. The lowest BCUT2D eigenvalue weighted by Gasteiger charge is -2.15. The number of halogens is 1. The summed E-state index contributed by atoms with van der Waals surface area (Å²) in [7, 11) is 0. The standard InChI is InChI=1S/C12H14BrNO2/c13-10-3-1-8(2-4-10)7-9-5-6-14-11(9)12(15)16/h1-4,9,11,14H,5-7H2,(H,15,16)/t9?,11-/m0/s1. The van der Waals surface area contributed by atoms with Crippen LogP contribution in [0.2, 0.25) is 0 Å². The Morgan fingerprint density at radius 3 is 2.75 bits per heavy atom. The normalized spacial score (nSPS) is 24.6. The number of hydrogen-bond donors (Lipinski definition) is 2. The van der Waals surface area contributed by atoms with Crippen molar-refractivity contribution in [2.75, 3.05) is 6.54 Å². The van der Waals surface area contributed by atoms with Crippen molar-refractivity contribution >= 4 is 21.9 Å². The number of carbonyl (C=O) groups is 1. The molecular weight excluding hydrogens is 270 g/mol. The largest absolute Gasteiger partial charge is 0.480 e. The highest BCUT2D eigenvalue weighted by molar-refractivity contribution is 9.10. The fourth-order valence-electron chi connectivity index (χ4n) is 2.19. The molecule has 0 aliphatic carbocycles. The minimum absolute atomic E-state index is 0.207. The molecule has 0 bridgehead atoms. The fraction of sp³-hybridized carbons (Fsp3) is 0.417. The predicted molar refractivity (Wildman–Crippen MR) is 65.4 cm³/mol. The van der Waals surface area contributed by atoms with E-state index in [1.165, 1.54) is 5.56 Å². The second kappa shape index (κ2) is 4.97. The minimum Gasteiger partial charge on any atom is -0.480 e. The molecule has 1 aromatic rings. The summed E-state index contributed by atoms with van der Waals surface area (Å²) >= 11 is 3.39. The third-order valence-electron chi connectivity index (χ3n) is 3.03. The Hall–Kier alpha value is -0.870. The van der Waals surface area contributed by atoms with Crippen molar-refractivity contribution < 1.29 is 9.90 Å². The number of aliphatic carboxylic acids is 1. The molecule has 1 saturated heterocycles. The van der Waals surface area contributed by atoms with Gasteiger partial charge in [-0.25, -0.2) is 0 Å². The van der Waals surface area contributed by atoms with Gasteiger partial charge in [0, 0.05) is 4.47 Å². The summed E-state index contributed by atoms with van der Waals surface area (Å²) in [5, 5.41) is 12.1. The molecule has 1 aliphatic heterocycles. The monoisotopic (exact) mass is 283 g/mol. The van der Waals surface area contributed by atoms with Crippen molar-refractivity contribution in [1.82, 2.24) is 5.32 Å². The van der Waals surface area contributed by atoms with Crippen LogP contribution in [0, 0.1) is 5.92 Å². The van der Waals surface area contributed by atoms with E-state index in [4.69, 9.17) is 5.11 Å². The van der Waals surface area contributed by atoms with Crippen molar-refractivity contribution in [3.05, 3.63) is 34.3 Å². The lowest BCUT2D eigenvalue weighted by molar-refractivity contribution is -0.140. The van der Waals surface area contributed by atoms with Crippen LogP contribution >= 0.6 is 15.9 Å². The van der Waals surface area contributed by atoms with Gasteiger partial charge in [0.2, 0.25) is 0 Å². The van der Waals surface area contributed by atoms with Gasteiger partial charge in [0.25, 0.3) is 0 Å². The molecule has 1 aliphatic rings. The van der Waals surface area contributed by atoms with Crippen molar-refractivity contribution in [1.29, 1.82) is 0 Å². The van der Waals surface area contributed by atoms with E-state index in [9.17, 15) is 4.79 Å². The topological polar surface area (TPSA) is 49.3 Å². The molecule has 0 radical (unpaired) electrons. The maximum Gasteiger partial charge on any atom is 0.320 e. The van der Waals surface area contributed by atoms with Crippen LogP contribution in [0.15, 0.2) is 28.7 Å². The Labute approximate surface area is 103 Å². The lowest BCUT2D eigenvalue weighted by Crippen LogP contribution is -2.36. The number of benzene rings is 1. The average molecular weight is 284 g/mol. The molecular formula is C12H14BrNO2. The Balaban J connectivity index is 2.03. The molecule has 0 spiro atoms. The van der Waals surface area contributed by atoms with Crippen molar-refractivity contribution in [3.8, 4) is 0 Å². The number of rotatable bonds is 3. The van der Waals surface area contributed by atoms with E-state index in [-0.39, 0.29) is 12.0 Å². The highest BCUT2D eigenvalue weighted by Gasteiger charge is 2.32. The number of nitrogens with one attached hydrogen (secondary N) is 1. The molecule has 1 aromatic carbocycles. The van der Waals surface area contributed by atoms with Gasteiger partial charge in [0.05, 0.1) is 0 Å². The zero-order valence-electron chi connectivity index (χ0n) is 8.82. The minimum atomic E-state index is -0.736. The van der Waals surface area contributed by atoms with Gasteiger partial charge >= 0.3 is 5.97 Å². The van der Waals surface area contributed by atoms with E-state index in [2.05, 4.69) is 21.2 Å². The molecule has 0 amide bonds. The fourth-order valence-corrected chi connectivity index (χ4v) is 2.45. The predicted octanol–water partition coefficient (Wildman–Crippen LogP) is 2.05. The molecule has 4 heteroatoms. The highest BCUT2D eigenvalue weighted by Crippen LogP contribution is 2.22. The summed E-state index contributed by atoms with van der Waals surface area (Å²) in [5.74, 6) is -0.529. The van der Waals surface area contributed by atoms with Gasteiger partial charge in [-0.3, -0.25) is 4.79 Å². The van der Waals surface area contributed by atoms with Crippen LogP contribution in [-0.2, 0) is 11.2 Å². The van der Waals surface area contributed by atoms with Crippen LogP contribution in [0.5, 0.6) is 0 Å². The SMILES string of the molecule is O=C(O)[C@H]1NCCC1Cc1ccc(Br)cc1. The zero-order chi connectivity index (χ0) is 11.5. The first-order valence-corrected chi connectivity index (χ1v) is 6.17. The third kappa shape index (κ3) is 2.62. The van der Waals surface area contributed by atoms with Crippen LogP contribution in [0.4, 0.5) is 0 Å². The summed E-state index contributed by atoms with van der Waals surface area (Å²) in [5.41, 5.74) is 1.20. The van der Waals surface area contributed by atoms with Crippen molar-refractivity contribution in [3.63, 3.8) is 0 Å². The molecule has 0 aromatic heterocycles. The van der Waals surface area contributed by atoms with E-state index >= 15 is 0 Å². The van der Waals surface area contributed by atoms with Crippen LogP contribution in [-0.4, -0.2) is 23.7 Å². The molecule has 2 N–H and O–H groups in total. The van der Waals surface area contributed by atoms with E-state index < -0.39 is 5.97 Å². The number of carboxylic acids is 1. The molecule has 1 fully saturated rings. The first-order chi connectivity index (χ1) is 7.66. The quantitative estimate of drug-likeness (QED) is 0.893. The molecule has 2 atom stereocenters. The molecule has 1 heterocycles. The molecule has 16 heavy (non-hydrogen) atoms.